The molecule has 1 heterocycles. The van der Waals surface area contributed by atoms with Gasteiger partial charge >= 0.3 is 5.97 Å². The largest absolute Gasteiger partial charge is 0.466 e. The number of ether oxygens (including phenoxy) is 1. The first-order valence-electron chi connectivity index (χ1n) is 13.2. The van der Waals surface area contributed by atoms with Crippen molar-refractivity contribution in [1.29, 1.82) is 0 Å². The number of esters is 1. The van der Waals surface area contributed by atoms with Crippen molar-refractivity contribution in [3.05, 3.63) is 119 Å². The van der Waals surface area contributed by atoms with Crippen LogP contribution in [0.4, 0.5) is 0 Å². The van der Waals surface area contributed by atoms with E-state index in [0.29, 0.717) is 10.9 Å². The molecule has 1 fully saturated rings. The van der Waals surface area contributed by atoms with E-state index < -0.39 is 13.0 Å². The zero-order valence-electron chi connectivity index (χ0n) is 21.9. The molecule has 7 heteroatoms. The van der Waals surface area contributed by atoms with Gasteiger partial charge in [-0.2, -0.15) is 0 Å². The lowest BCUT2D eigenvalue weighted by Crippen LogP contribution is -2.24. The van der Waals surface area contributed by atoms with Gasteiger partial charge in [-0.15, -0.1) is 0 Å². The van der Waals surface area contributed by atoms with Crippen LogP contribution in [-0.4, -0.2) is 24.9 Å². The highest BCUT2D eigenvalue weighted by molar-refractivity contribution is 7.85. The van der Waals surface area contributed by atoms with Gasteiger partial charge in [0, 0.05) is 33.3 Å². The fourth-order valence-corrected chi connectivity index (χ4v) is 9.32. The summed E-state index contributed by atoms with van der Waals surface area (Å²) in [4.78, 5) is 40.2. The number of nitrogens with zero attached hydrogens (tertiary/aromatic N) is 1. The molecule has 1 saturated carbocycles. The molecule has 1 N–H and O–H groups in total. The molecule has 3 aromatic carbocycles. The molecule has 2 aliphatic rings. The fraction of sp³-hybridized carbons (Fsp3) is 0.219. The van der Waals surface area contributed by atoms with E-state index in [9.17, 15) is 14.4 Å². The Hall–Kier alpha value is -4.02. The van der Waals surface area contributed by atoms with Crippen molar-refractivity contribution in [2.45, 2.75) is 32.1 Å². The number of carbonyl (C=O) groups excluding carboxylic acids is 3. The third kappa shape index (κ3) is 5.30. The number of rotatable bonds is 6. The second-order valence-electron chi connectivity index (χ2n) is 9.71. The first-order valence-corrected chi connectivity index (χ1v) is 15.0. The van der Waals surface area contributed by atoms with Gasteiger partial charge in [0.15, 0.2) is 0 Å². The summed E-state index contributed by atoms with van der Waals surface area (Å²) >= 11 is 0. The van der Waals surface area contributed by atoms with Crippen LogP contribution in [0.1, 0.15) is 42.5 Å². The Balaban J connectivity index is 1.93. The van der Waals surface area contributed by atoms with Gasteiger partial charge in [-0.25, -0.2) is 9.54 Å². The quantitative estimate of drug-likeness (QED) is 0.248. The highest BCUT2D eigenvalue weighted by Crippen LogP contribution is 2.61. The molecule has 5 rings (SSSR count). The summed E-state index contributed by atoms with van der Waals surface area (Å²) in [5, 5.41) is 5.44. The number of carbonyl (C=O) groups is 3. The lowest BCUT2D eigenvalue weighted by molar-refractivity contribution is -0.135. The number of amides is 2. The number of benzene rings is 3. The van der Waals surface area contributed by atoms with Gasteiger partial charge in [0.1, 0.15) is 0 Å². The Morgan fingerprint density at radius 2 is 1.38 bits per heavy atom. The lowest BCUT2D eigenvalue weighted by Gasteiger charge is -2.31. The van der Waals surface area contributed by atoms with E-state index in [-0.39, 0.29) is 23.3 Å². The number of nitrogens with one attached hydrogen (secondary N) is 1. The summed E-state index contributed by atoms with van der Waals surface area (Å²) in [6.45, 7) is 0. The molecule has 3 aromatic rings. The average Bonchev–Trinajstić information content (AvgIpc) is 3.33. The number of hydrogen-bond acceptors (Lipinski definition) is 4. The van der Waals surface area contributed by atoms with Crippen LogP contribution in [0, 0.1) is 5.92 Å². The highest BCUT2D eigenvalue weighted by Gasteiger charge is 2.43. The van der Waals surface area contributed by atoms with Crippen molar-refractivity contribution in [3.8, 4) is 0 Å². The predicted molar refractivity (Wildman–Crippen MR) is 154 cm³/mol. The van der Waals surface area contributed by atoms with E-state index in [4.69, 9.17) is 9.48 Å². The van der Waals surface area contributed by atoms with Crippen molar-refractivity contribution in [2.24, 2.45) is 10.7 Å². The van der Waals surface area contributed by atoms with Gasteiger partial charge < -0.3 is 10.1 Å². The van der Waals surface area contributed by atoms with Crippen LogP contribution in [0.15, 0.2) is 118 Å². The van der Waals surface area contributed by atoms with E-state index in [1.165, 1.54) is 13.2 Å². The molecule has 0 saturated heterocycles. The van der Waals surface area contributed by atoms with Gasteiger partial charge in [-0.05, 0) is 30.9 Å². The Morgan fingerprint density at radius 3 is 1.92 bits per heavy atom. The van der Waals surface area contributed by atoms with Crippen LogP contribution in [0.25, 0.3) is 0 Å². The number of methoxy groups -OCH3 is 1. The van der Waals surface area contributed by atoms with Gasteiger partial charge in [0.05, 0.1) is 19.7 Å². The van der Waals surface area contributed by atoms with E-state index >= 15 is 0 Å². The van der Waals surface area contributed by atoms with E-state index in [1.807, 2.05) is 78.9 Å². The molecule has 39 heavy (non-hydrogen) atoms. The smallest absolute Gasteiger partial charge is 0.331 e. The Morgan fingerprint density at radius 1 is 0.846 bits per heavy atom. The summed E-state index contributed by atoms with van der Waals surface area (Å²) in [6, 6.07) is 28.3. The Kier molecular flexibility index (Phi) is 8.04. The molecule has 1 aliphatic carbocycles. The van der Waals surface area contributed by atoms with E-state index in [1.54, 1.807) is 12.1 Å². The molecule has 0 radical (unpaired) electrons. The maximum absolute atomic E-state index is 13.9. The summed E-state index contributed by atoms with van der Waals surface area (Å²) in [5.41, 5.74) is 1.46. The Labute approximate surface area is 228 Å². The van der Waals surface area contributed by atoms with Gasteiger partial charge in [-0.1, -0.05) is 98.1 Å². The molecule has 0 atom stereocenters. The minimum atomic E-state index is -3.16. The second kappa shape index (κ2) is 11.8. The van der Waals surface area contributed by atoms with E-state index in [0.717, 1.165) is 48.4 Å². The van der Waals surface area contributed by atoms with Crippen LogP contribution in [0.3, 0.4) is 0 Å². The monoisotopic (exact) mass is 538 g/mol. The second-order valence-corrected chi connectivity index (χ2v) is 12.7. The molecule has 0 spiro atoms. The normalized spacial score (nSPS) is 17.2. The summed E-state index contributed by atoms with van der Waals surface area (Å²) in [6.07, 6.45) is 6.34. The highest BCUT2D eigenvalue weighted by atomic mass is 31.2. The van der Waals surface area contributed by atoms with Crippen LogP contribution < -0.4 is 15.9 Å². The standard InChI is InChI=1S/C32H31N2O4P/c1-38-28(35)22-27-30(29(33-32(27)37)23-14-6-2-7-15-23)39(25-18-10-4-11-19-25,26-20-12-5-13-21-26)34-31(36)24-16-8-3-9-17-24/h3-5,8-13,16-23H,2,6-7,14-15H2,1H3,(H,33,37)/b27-22-. The molecule has 0 unspecified atom stereocenters. The van der Waals surface area contributed by atoms with Crippen molar-refractivity contribution < 1.29 is 19.1 Å². The Bertz CT molecular complexity index is 1450. The van der Waals surface area contributed by atoms with Crippen molar-refractivity contribution in [1.82, 2.24) is 5.32 Å². The number of hydrogen-bond donors (Lipinski definition) is 1. The van der Waals surface area contributed by atoms with Gasteiger partial charge in [-0.3, -0.25) is 9.59 Å². The van der Waals surface area contributed by atoms with Gasteiger partial charge in [0.25, 0.3) is 11.8 Å². The number of allylic oxidation sites excluding steroid dienone is 1. The minimum absolute atomic E-state index is 0.0927. The fourth-order valence-electron chi connectivity index (χ4n) is 5.48. The lowest BCUT2D eigenvalue weighted by atomic mass is 9.87. The zero-order valence-corrected chi connectivity index (χ0v) is 22.8. The molecular weight excluding hydrogens is 507 g/mol. The minimum Gasteiger partial charge on any atom is -0.466 e. The molecule has 0 bridgehead atoms. The van der Waals surface area contributed by atoms with Crippen LogP contribution in [0.5, 0.6) is 0 Å². The maximum Gasteiger partial charge on any atom is 0.331 e. The summed E-state index contributed by atoms with van der Waals surface area (Å²) in [5.74, 6) is -1.27. The first-order chi connectivity index (χ1) is 19.0. The van der Waals surface area contributed by atoms with Crippen LogP contribution in [-0.2, 0) is 14.3 Å². The molecule has 1 aliphatic heterocycles. The molecule has 6 nitrogen and oxygen atoms in total. The SMILES string of the molecule is COC(=O)/C=C1\C(=O)NC(C2CCCCC2)=C1P(=NC(=O)c1ccccc1)(c1ccccc1)c1ccccc1. The average molecular weight is 539 g/mol. The first kappa shape index (κ1) is 26.6. The molecular formula is C32H31N2O4P. The van der Waals surface area contributed by atoms with Crippen molar-refractivity contribution in [2.75, 3.05) is 7.11 Å². The molecule has 2 amide bonds. The zero-order chi connectivity index (χ0) is 27.2. The van der Waals surface area contributed by atoms with Gasteiger partial charge in [0.2, 0.25) is 0 Å². The van der Waals surface area contributed by atoms with Crippen molar-refractivity contribution in [3.63, 3.8) is 0 Å². The van der Waals surface area contributed by atoms with E-state index in [2.05, 4.69) is 5.32 Å². The van der Waals surface area contributed by atoms with Crippen LogP contribution >= 0.6 is 7.05 Å². The van der Waals surface area contributed by atoms with Crippen LogP contribution in [0.2, 0.25) is 0 Å². The topological polar surface area (TPSA) is 84.8 Å². The molecule has 0 aromatic heterocycles. The molecule has 198 valence electrons. The predicted octanol–water partition coefficient (Wildman–Crippen LogP) is 5.70. The maximum atomic E-state index is 13.9. The summed E-state index contributed by atoms with van der Waals surface area (Å²) < 4.78 is 10.1. The summed E-state index contributed by atoms with van der Waals surface area (Å²) in [7, 11) is -1.87. The third-order valence-electron chi connectivity index (χ3n) is 7.32. The third-order valence-corrected chi connectivity index (χ3v) is 11.0. The van der Waals surface area contributed by atoms with Crippen molar-refractivity contribution >= 4 is 35.4 Å².